The molecule has 10 heavy (non-hydrogen) atoms. The average Bonchev–Trinajstić information content (AvgIpc) is 1.87. The van der Waals surface area contributed by atoms with E-state index in [1.165, 1.54) is 0 Å². The first-order chi connectivity index (χ1) is 4.77. The molecule has 0 aromatic rings. The van der Waals surface area contributed by atoms with Gasteiger partial charge in [0.25, 0.3) is 0 Å². The molecule has 0 saturated carbocycles. The van der Waals surface area contributed by atoms with Crippen molar-refractivity contribution in [1.29, 1.82) is 0 Å². The van der Waals surface area contributed by atoms with Crippen molar-refractivity contribution in [2.45, 2.75) is 0 Å². The molecule has 0 aromatic carbocycles. The number of terminal acetylenes is 1. The molecule has 0 heterocycles. The average molecular weight is 163 g/mol. The summed E-state index contributed by atoms with van der Waals surface area (Å²) < 4.78 is 9.08. The van der Waals surface area contributed by atoms with E-state index in [9.17, 15) is 4.79 Å². The van der Waals surface area contributed by atoms with Crippen LogP contribution in [-0.4, -0.2) is 25.2 Å². The largest absolute Gasteiger partial charge is 0.451 e. The van der Waals surface area contributed by atoms with Crippen LogP contribution in [0.1, 0.15) is 0 Å². The summed E-state index contributed by atoms with van der Waals surface area (Å²) >= 11 is 4.83. The quantitative estimate of drug-likeness (QED) is 0.352. The van der Waals surface area contributed by atoms with Gasteiger partial charge < -0.3 is 9.47 Å². The maximum atomic E-state index is 9.92. The summed E-state index contributed by atoms with van der Waals surface area (Å²) in [4.78, 5) is 9.92. The lowest BCUT2D eigenvalue weighted by molar-refractivity contribution is 0.0995. The number of carbonyl (C=O) groups excluding carboxylic acids is 1. The van der Waals surface area contributed by atoms with E-state index < -0.39 is 5.43 Å². The topological polar surface area (TPSA) is 35.5 Å². The van der Waals surface area contributed by atoms with Gasteiger partial charge in [-0.15, -0.1) is 6.42 Å². The Kier molecular flexibility index (Phi) is 5.94. The zero-order chi connectivity index (χ0) is 7.82. The number of halogens is 1. The van der Waals surface area contributed by atoms with Crippen molar-refractivity contribution >= 4 is 17.0 Å². The lowest BCUT2D eigenvalue weighted by atomic mass is 10.7. The summed E-state index contributed by atoms with van der Waals surface area (Å²) in [5, 5.41) is 0. The van der Waals surface area contributed by atoms with Gasteiger partial charge in [-0.05, 0) is 0 Å². The number of hydrogen-bond acceptors (Lipinski definition) is 3. The van der Waals surface area contributed by atoms with Crippen LogP contribution in [0, 0.1) is 12.3 Å². The van der Waals surface area contributed by atoms with E-state index in [0.29, 0.717) is 0 Å². The Bertz CT molecular complexity index is 138. The fourth-order valence-electron chi connectivity index (χ4n) is 0.312. The monoisotopic (exact) mass is 162 g/mol. The molecule has 56 valence electrons. The Balaban J connectivity index is 2.92. The highest BCUT2D eigenvalue weighted by atomic mass is 35.5. The van der Waals surface area contributed by atoms with Gasteiger partial charge in [0.05, 0.1) is 6.61 Å². The van der Waals surface area contributed by atoms with Crippen molar-refractivity contribution in [2.75, 3.05) is 19.8 Å². The normalized spacial score (nSPS) is 8.40. The van der Waals surface area contributed by atoms with Gasteiger partial charge in [0.1, 0.15) is 13.2 Å². The van der Waals surface area contributed by atoms with Crippen LogP contribution >= 0.6 is 11.6 Å². The predicted octanol–water partition coefficient (Wildman–Crippen LogP) is 1.01. The second-order valence-corrected chi connectivity index (χ2v) is 1.65. The summed E-state index contributed by atoms with van der Waals surface area (Å²) in [5.74, 6) is 2.26. The van der Waals surface area contributed by atoms with Gasteiger partial charge >= 0.3 is 5.43 Å². The molecule has 0 aliphatic heterocycles. The van der Waals surface area contributed by atoms with Crippen molar-refractivity contribution in [1.82, 2.24) is 0 Å². The number of carbonyl (C=O) groups is 1. The third-order valence-corrected chi connectivity index (χ3v) is 0.738. The first kappa shape index (κ1) is 9.28. The van der Waals surface area contributed by atoms with Gasteiger partial charge in [-0.25, -0.2) is 4.79 Å². The van der Waals surface area contributed by atoms with Crippen molar-refractivity contribution in [2.24, 2.45) is 0 Å². The van der Waals surface area contributed by atoms with Gasteiger partial charge in [-0.3, -0.25) is 0 Å². The molecule has 0 amide bonds. The summed E-state index contributed by atoms with van der Waals surface area (Å²) in [7, 11) is 0. The zero-order valence-corrected chi connectivity index (χ0v) is 6.06. The first-order valence-corrected chi connectivity index (χ1v) is 2.98. The van der Waals surface area contributed by atoms with E-state index >= 15 is 0 Å². The van der Waals surface area contributed by atoms with E-state index in [4.69, 9.17) is 22.8 Å². The van der Waals surface area contributed by atoms with Crippen LogP contribution in [0.5, 0.6) is 0 Å². The van der Waals surface area contributed by atoms with Crippen LogP contribution in [0.4, 0.5) is 4.79 Å². The van der Waals surface area contributed by atoms with Crippen molar-refractivity contribution in [3.05, 3.63) is 0 Å². The first-order valence-electron chi connectivity index (χ1n) is 2.61. The molecule has 0 N–H and O–H groups in total. The molecule has 0 aliphatic rings. The molecule has 0 unspecified atom stereocenters. The Morgan fingerprint density at radius 1 is 1.60 bits per heavy atom. The smallest absolute Gasteiger partial charge is 0.403 e. The molecule has 0 rings (SSSR count). The van der Waals surface area contributed by atoms with Gasteiger partial charge in [0.2, 0.25) is 0 Å². The summed E-state index contributed by atoms with van der Waals surface area (Å²) in [6, 6.07) is 0. The fourth-order valence-corrected chi connectivity index (χ4v) is 0.389. The molecule has 0 fully saturated rings. The number of rotatable bonds is 4. The van der Waals surface area contributed by atoms with E-state index in [0.717, 1.165) is 0 Å². The Morgan fingerprint density at radius 2 is 2.30 bits per heavy atom. The summed E-state index contributed by atoms with van der Waals surface area (Å²) in [5.41, 5.74) is -0.829. The van der Waals surface area contributed by atoms with Crippen LogP contribution in [0.2, 0.25) is 0 Å². The van der Waals surface area contributed by atoms with Gasteiger partial charge in [-0.2, -0.15) is 0 Å². The van der Waals surface area contributed by atoms with Gasteiger partial charge in [0, 0.05) is 11.6 Å². The molecule has 0 aromatic heterocycles. The van der Waals surface area contributed by atoms with Crippen molar-refractivity contribution < 1.29 is 14.3 Å². The van der Waals surface area contributed by atoms with Crippen LogP contribution in [0.15, 0.2) is 0 Å². The Morgan fingerprint density at radius 3 is 2.80 bits per heavy atom. The molecule has 3 nitrogen and oxygen atoms in total. The van der Waals surface area contributed by atoms with Crippen molar-refractivity contribution in [3.8, 4) is 12.3 Å². The molecule has 0 saturated heterocycles. The number of ether oxygens (including phenoxy) is 2. The zero-order valence-electron chi connectivity index (χ0n) is 5.30. The van der Waals surface area contributed by atoms with Gasteiger partial charge in [0.15, 0.2) is 0 Å². The van der Waals surface area contributed by atoms with Crippen LogP contribution in [0.3, 0.4) is 0 Å². The molecule has 0 radical (unpaired) electrons. The van der Waals surface area contributed by atoms with E-state index in [1.54, 1.807) is 0 Å². The summed E-state index contributed by atoms with van der Waals surface area (Å²) in [6.07, 6.45) is 4.86. The molecule has 0 atom stereocenters. The maximum absolute atomic E-state index is 9.92. The second kappa shape index (κ2) is 6.40. The molecular weight excluding hydrogens is 156 g/mol. The standard InChI is InChI=1S/C6H7ClO3/c1-2-3-9-4-5-10-6(7)8/h1H,3-5H2. The molecule has 0 aliphatic carbocycles. The minimum Gasteiger partial charge on any atom is -0.451 e. The highest BCUT2D eigenvalue weighted by Gasteiger charge is 1.92. The van der Waals surface area contributed by atoms with Crippen LogP contribution in [-0.2, 0) is 9.47 Å². The van der Waals surface area contributed by atoms with Crippen LogP contribution in [0.25, 0.3) is 0 Å². The van der Waals surface area contributed by atoms with E-state index in [2.05, 4.69) is 10.7 Å². The fraction of sp³-hybridized carbons (Fsp3) is 0.500. The predicted molar refractivity (Wildman–Crippen MR) is 36.9 cm³/mol. The number of hydrogen-bond donors (Lipinski definition) is 0. The minimum absolute atomic E-state index is 0.143. The Hall–Kier alpha value is -0.720. The van der Waals surface area contributed by atoms with Gasteiger partial charge in [-0.1, -0.05) is 5.92 Å². The third kappa shape index (κ3) is 7.28. The van der Waals surface area contributed by atoms with E-state index in [1.807, 2.05) is 0 Å². The molecular formula is C6H7ClO3. The van der Waals surface area contributed by atoms with Crippen LogP contribution < -0.4 is 0 Å². The van der Waals surface area contributed by atoms with E-state index in [-0.39, 0.29) is 19.8 Å². The summed E-state index contributed by atoms with van der Waals surface area (Å²) in [6.45, 7) is 0.645. The highest BCUT2D eigenvalue weighted by molar-refractivity contribution is 6.61. The molecule has 0 bridgehead atoms. The maximum Gasteiger partial charge on any atom is 0.403 e. The lowest BCUT2D eigenvalue weighted by Crippen LogP contribution is -2.05. The SMILES string of the molecule is C#CCOCCOC(=O)Cl. The Labute approximate surface area is 64.3 Å². The molecule has 4 heteroatoms. The second-order valence-electron chi connectivity index (χ2n) is 1.34. The van der Waals surface area contributed by atoms with Crippen molar-refractivity contribution in [3.63, 3.8) is 0 Å². The third-order valence-electron chi connectivity index (χ3n) is 0.629. The minimum atomic E-state index is -0.829. The molecule has 0 spiro atoms. The highest BCUT2D eigenvalue weighted by Crippen LogP contribution is 1.85. The lowest BCUT2D eigenvalue weighted by Gasteiger charge is -1.98.